The van der Waals surface area contributed by atoms with Gasteiger partial charge < -0.3 is 18.9 Å². The van der Waals surface area contributed by atoms with Crippen molar-refractivity contribution in [2.45, 2.75) is 26.7 Å². The highest BCUT2D eigenvalue weighted by Crippen LogP contribution is 2.30. The Kier molecular flexibility index (Phi) is 7.61. The Morgan fingerprint density at radius 3 is 1.81 bits per heavy atom. The molecule has 7 nitrogen and oxygen atoms in total. The van der Waals surface area contributed by atoms with Crippen LogP contribution >= 0.6 is 0 Å². The van der Waals surface area contributed by atoms with Crippen molar-refractivity contribution in [3.8, 4) is 5.75 Å². The first-order valence-corrected chi connectivity index (χ1v) is 8.12. The molecule has 0 saturated carbocycles. The SMILES string of the molecule is COC(=O)C(C(=O)OC)C(COC(=O)C(C)(C)C)c1ccc(OC)cc1. The minimum absolute atomic E-state index is 0.169. The summed E-state index contributed by atoms with van der Waals surface area (Å²) in [4.78, 5) is 36.5. The van der Waals surface area contributed by atoms with E-state index in [-0.39, 0.29) is 6.61 Å². The third kappa shape index (κ3) is 5.47. The van der Waals surface area contributed by atoms with Gasteiger partial charge in [0.15, 0.2) is 5.92 Å². The first-order valence-electron chi connectivity index (χ1n) is 8.12. The maximum atomic E-state index is 12.2. The topological polar surface area (TPSA) is 88.1 Å². The molecule has 1 unspecified atom stereocenters. The van der Waals surface area contributed by atoms with E-state index in [1.165, 1.54) is 21.3 Å². The van der Waals surface area contributed by atoms with Crippen LogP contribution in [0.3, 0.4) is 0 Å². The molecule has 1 rings (SSSR count). The van der Waals surface area contributed by atoms with Crippen molar-refractivity contribution in [1.29, 1.82) is 0 Å². The van der Waals surface area contributed by atoms with Gasteiger partial charge in [0.05, 0.1) is 33.4 Å². The number of rotatable bonds is 7. The number of hydrogen-bond donors (Lipinski definition) is 0. The van der Waals surface area contributed by atoms with E-state index in [9.17, 15) is 14.4 Å². The number of carbonyl (C=O) groups is 3. The van der Waals surface area contributed by atoms with Crippen LogP contribution in [0.15, 0.2) is 24.3 Å². The van der Waals surface area contributed by atoms with Crippen molar-refractivity contribution in [3.63, 3.8) is 0 Å². The summed E-state index contributed by atoms with van der Waals surface area (Å²) in [5.74, 6) is -3.36. The Balaban J connectivity index is 3.23. The van der Waals surface area contributed by atoms with Crippen molar-refractivity contribution >= 4 is 17.9 Å². The average molecular weight is 366 g/mol. The normalized spacial score (nSPS) is 12.3. The van der Waals surface area contributed by atoms with Gasteiger partial charge in [-0.25, -0.2) is 0 Å². The molecular weight excluding hydrogens is 340 g/mol. The summed E-state index contributed by atoms with van der Waals surface area (Å²) in [5, 5.41) is 0. The second kappa shape index (κ2) is 9.22. The van der Waals surface area contributed by atoms with E-state index >= 15 is 0 Å². The van der Waals surface area contributed by atoms with Gasteiger partial charge in [-0.2, -0.15) is 0 Å². The summed E-state index contributed by atoms with van der Waals surface area (Å²) in [5.41, 5.74) is -0.0930. The summed E-state index contributed by atoms with van der Waals surface area (Å²) in [6.45, 7) is 4.98. The zero-order valence-electron chi connectivity index (χ0n) is 16.0. The second-order valence-electron chi connectivity index (χ2n) is 6.75. The minimum atomic E-state index is -1.26. The summed E-state index contributed by atoms with van der Waals surface area (Å²) >= 11 is 0. The molecule has 144 valence electrons. The van der Waals surface area contributed by atoms with Gasteiger partial charge in [0.2, 0.25) is 0 Å². The van der Waals surface area contributed by atoms with Crippen LogP contribution in [-0.4, -0.2) is 45.8 Å². The number of carbonyl (C=O) groups excluding carboxylic acids is 3. The minimum Gasteiger partial charge on any atom is -0.497 e. The van der Waals surface area contributed by atoms with Crippen LogP contribution in [0.4, 0.5) is 0 Å². The van der Waals surface area contributed by atoms with E-state index in [1.54, 1.807) is 45.0 Å². The Bertz CT molecular complexity index is 612. The van der Waals surface area contributed by atoms with Crippen LogP contribution < -0.4 is 4.74 Å². The molecule has 0 heterocycles. The van der Waals surface area contributed by atoms with E-state index in [4.69, 9.17) is 18.9 Å². The molecule has 0 N–H and O–H groups in total. The molecule has 1 atom stereocenters. The molecule has 0 saturated heterocycles. The Hall–Kier alpha value is -2.57. The first kappa shape index (κ1) is 21.5. The molecule has 0 aliphatic carbocycles. The fourth-order valence-corrected chi connectivity index (χ4v) is 2.30. The van der Waals surface area contributed by atoms with Gasteiger partial charge in [-0.1, -0.05) is 12.1 Å². The zero-order valence-corrected chi connectivity index (χ0v) is 16.0. The van der Waals surface area contributed by atoms with E-state index < -0.39 is 35.2 Å². The van der Waals surface area contributed by atoms with Crippen LogP contribution in [0.5, 0.6) is 5.75 Å². The summed E-state index contributed by atoms with van der Waals surface area (Å²) in [6.07, 6.45) is 0. The first-order chi connectivity index (χ1) is 12.1. The smallest absolute Gasteiger partial charge is 0.320 e. The fourth-order valence-electron chi connectivity index (χ4n) is 2.30. The zero-order chi connectivity index (χ0) is 19.9. The highest BCUT2D eigenvalue weighted by molar-refractivity contribution is 5.96. The van der Waals surface area contributed by atoms with Gasteiger partial charge in [-0.05, 0) is 38.5 Å². The van der Waals surface area contributed by atoms with Gasteiger partial charge in [0.1, 0.15) is 5.75 Å². The van der Waals surface area contributed by atoms with E-state index in [2.05, 4.69) is 0 Å². The number of methoxy groups -OCH3 is 3. The van der Waals surface area contributed by atoms with Gasteiger partial charge in [-0.3, -0.25) is 14.4 Å². The Morgan fingerprint density at radius 2 is 1.42 bits per heavy atom. The molecule has 0 radical (unpaired) electrons. The predicted octanol–water partition coefficient (Wildman–Crippen LogP) is 2.33. The monoisotopic (exact) mass is 366 g/mol. The fraction of sp³-hybridized carbons (Fsp3) is 0.526. The van der Waals surface area contributed by atoms with Crippen molar-refractivity contribution in [2.24, 2.45) is 11.3 Å². The molecule has 1 aromatic rings. The lowest BCUT2D eigenvalue weighted by Gasteiger charge is -2.25. The van der Waals surface area contributed by atoms with Gasteiger partial charge in [0.25, 0.3) is 0 Å². The van der Waals surface area contributed by atoms with Crippen LogP contribution in [-0.2, 0) is 28.6 Å². The van der Waals surface area contributed by atoms with E-state index in [0.29, 0.717) is 11.3 Å². The lowest BCUT2D eigenvalue weighted by molar-refractivity contribution is -0.164. The molecule has 0 aromatic heterocycles. The number of hydrogen-bond acceptors (Lipinski definition) is 7. The maximum Gasteiger partial charge on any atom is 0.320 e. The highest BCUT2D eigenvalue weighted by Gasteiger charge is 2.39. The van der Waals surface area contributed by atoms with E-state index in [1.807, 2.05) is 0 Å². The van der Waals surface area contributed by atoms with Crippen LogP contribution in [0.2, 0.25) is 0 Å². The summed E-state index contributed by atoms with van der Waals surface area (Å²) in [6, 6.07) is 6.79. The number of benzene rings is 1. The Morgan fingerprint density at radius 1 is 0.923 bits per heavy atom. The molecule has 1 aromatic carbocycles. The highest BCUT2D eigenvalue weighted by atomic mass is 16.5. The summed E-state index contributed by atoms with van der Waals surface area (Å²) in [7, 11) is 3.90. The molecule has 7 heteroatoms. The van der Waals surface area contributed by atoms with E-state index in [0.717, 1.165) is 0 Å². The molecule has 0 fully saturated rings. The standard InChI is InChI=1S/C19H26O7/c1-19(2,3)18(22)26-11-14(12-7-9-13(23-4)10-8-12)15(16(20)24-5)17(21)25-6/h7-10,14-15H,11H2,1-6H3. The van der Waals surface area contributed by atoms with Gasteiger partial charge in [0, 0.05) is 5.92 Å². The molecule has 26 heavy (non-hydrogen) atoms. The van der Waals surface area contributed by atoms with Gasteiger partial charge in [-0.15, -0.1) is 0 Å². The Labute approximate surface area is 153 Å². The lowest BCUT2D eigenvalue weighted by Crippen LogP contribution is -2.36. The third-order valence-corrected chi connectivity index (χ3v) is 3.86. The molecule has 0 aliphatic rings. The molecule has 0 aliphatic heterocycles. The largest absolute Gasteiger partial charge is 0.497 e. The van der Waals surface area contributed by atoms with Crippen molar-refractivity contribution < 1.29 is 33.3 Å². The molecule has 0 spiro atoms. The van der Waals surface area contributed by atoms with Crippen molar-refractivity contribution in [3.05, 3.63) is 29.8 Å². The lowest BCUT2D eigenvalue weighted by atomic mass is 9.86. The molecular formula is C19H26O7. The number of ether oxygens (including phenoxy) is 4. The van der Waals surface area contributed by atoms with Crippen LogP contribution in [0.1, 0.15) is 32.3 Å². The van der Waals surface area contributed by atoms with Crippen molar-refractivity contribution in [2.75, 3.05) is 27.9 Å². The quantitative estimate of drug-likeness (QED) is 0.416. The number of esters is 3. The maximum absolute atomic E-state index is 12.2. The average Bonchev–Trinajstić information content (AvgIpc) is 2.63. The molecule has 0 amide bonds. The molecule has 0 bridgehead atoms. The van der Waals surface area contributed by atoms with Gasteiger partial charge >= 0.3 is 17.9 Å². The summed E-state index contributed by atoms with van der Waals surface area (Å²) < 4.78 is 20.0. The van der Waals surface area contributed by atoms with Crippen molar-refractivity contribution in [1.82, 2.24) is 0 Å². The van der Waals surface area contributed by atoms with Crippen LogP contribution in [0.25, 0.3) is 0 Å². The second-order valence-corrected chi connectivity index (χ2v) is 6.75. The predicted molar refractivity (Wildman–Crippen MR) is 93.7 cm³/mol. The third-order valence-electron chi connectivity index (χ3n) is 3.86. The van der Waals surface area contributed by atoms with Crippen LogP contribution in [0, 0.1) is 11.3 Å².